The van der Waals surface area contributed by atoms with Gasteiger partial charge in [-0.15, -0.1) is 22.7 Å². The van der Waals surface area contributed by atoms with Gasteiger partial charge in [-0.25, -0.2) is 0 Å². The van der Waals surface area contributed by atoms with E-state index in [1.165, 1.54) is 155 Å². The van der Waals surface area contributed by atoms with Crippen molar-refractivity contribution in [3.63, 3.8) is 0 Å². The van der Waals surface area contributed by atoms with Crippen LogP contribution < -0.4 is 9.80 Å². The molecule has 5 heteroatoms. The lowest BCUT2D eigenvalue weighted by Crippen LogP contribution is -2.16. The van der Waals surface area contributed by atoms with Crippen LogP contribution in [0.2, 0.25) is 0 Å². The molecule has 0 N–H and O–H groups in total. The first-order valence-electron chi connectivity index (χ1n) is 30.7. The van der Waals surface area contributed by atoms with E-state index < -0.39 is 0 Å². The number of nitrogens with zero attached hydrogens (tertiary/aromatic N) is 3. The molecule has 416 valence electrons. The van der Waals surface area contributed by atoms with E-state index in [1.807, 2.05) is 22.7 Å². The number of benzene rings is 14. The number of rotatable bonds is 6. The van der Waals surface area contributed by atoms with E-state index in [0.717, 1.165) is 28.4 Å². The normalized spacial score (nSPS) is 13.4. The van der Waals surface area contributed by atoms with Gasteiger partial charge in [0.25, 0.3) is 0 Å². The zero-order valence-electron chi connectivity index (χ0n) is 49.4. The second-order valence-corrected chi connectivity index (χ2v) is 28.2. The Morgan fingerprint density at radius 3 is 1.41 bits per heavy atom. The van der Waals surface area contributed by atoms with Crippen LogP contribution in [0.3, 0.4) is 0 Å². The molecule has 14 aromatic carbocycles. The van der Waals surface area contributed by atoms with E-state index in [0.29, 0.717) is 0 Å². The standard InChI is InChI=1S/C83H57N3S2/c1-82(2,3)52-28-36-73-70(40-52)80-74(85(56-33-39-79-69(44-56)62-19-11-13-21-77(62)88-79)55-30-27-51-25-23-49-15-7-9-17-59(49)65(51)42-55)37-35-63-67-46-72-66(47-75(67)86(73)81(63)80)60-34-31-57(45-71(60)83(72,4)5)84(54-32-38-78-68(43-54)61-18-10-12-20-76(61)87-78)53-29-26-50-24-22-48-14-6-8-16-58(48)64(50)41-53/h6-47H,1-5H3. The fourth-order valence-corrected chi connectivity index (χ4v) is 17.6. The van der Waals surface area contributed by atoms with Gasteiger partial charge in [-0.1, -0.05) is 174 Å². The van der Waals surface area contributed by atoms with E-state index in [9.17, 15) is 0 Å². The molecule has 18 aromatic rings. The van der Waals surface area contributed by atoms with Crippen molar-refractivity contribution < 1.29 is 0 Å². The highest BCUT2D eigenvalue weighted by Crippen LogP contribution is 2.56. The van der Waals surface area contributed by atoms with E-state index in [4.69, 9.17) is 0 Å². The molecule has 0 aliphatic heterocycles. The summed E-state index contributed by atoms with van der Waals surface area (Å²) in [4.78, 5) is 5.06. The predicted molar refractivity (Wildman–Crippen MR) is 383 cm³/mol. The van der Waals surface area contributed by atoms with E-state index in [1.54, 1.807) is 0 Å². The third kappa shape index (κ3) is 7.11. The molecule has 1 aliphatic rings. The lowest BCUT2D eigenvalue weighted by Gasteiger charge is -2.28. The lowest BCUT2D eigenvalue weighted by atomic mass is 9.81. The van der Waals surface area contributed by atoms with Gasteiger partial charge in [0.15, 0.2) is 0 Å². The van der Waals surface area contributed by atoms with Crippen molar-refractivity contribution in [3.05, 3.63) is 271 Å². The molecule has 19 rings (SSSR count). The molecule has 4 aromatic heterocycles. The molecule has 0 amide bonds. The quantitative estimate of drug-likeness (QED) is 0.154. The molecule has 4 heterocycles. The van der Waals surface area contributed by atoms with Gasteiger partial charge in [0.05, 0.1) is 22.2 Å². The zero-order chi connectivity index (χ0) is 58.5. The number of hydrogen-bond acceptors (Lipinski definition) is 4. The number of hydrogen-bond donors (Lipinski definition) is 0. The molecule has 0 spiro atoms. The number of anilines is 6. The second kappa shape index (κ2) is 18.0. The van der Waals surface area contributed by atoms with E-state index >= 15 is 0 Å². The molecule has 3 nitrogen and oxygen atoms in total. The van der Waals surface area contributed by atoms with Crippen molar-refractivity contribution in [2.45, 2.75) is 45.4 Å². The molecule has 88 heavy (non-hydrogen) atoms. The Kier molecular flexibility index (Phi) is 10.3. The minimum atomic E-state index is -0.310. The average molecular weight is 1160 g/mol. The Labute approximate surface area is 517 Å². The first-order valence-corrected chi connectivity index (χ1v) is 32.3. The summed E-state index contributed by atoms with van der Waals surface area (Å²) in [7, 11) is 0. The average Bonchev–Trinajstić information content (AvgIpc) is 2.05. The van der Waals surface area contributed by atoms with E-state index in [-0.39, 0.29) is 10.8 Å². The summed E-state index contributed by atoms with van der Waals surface area (Å²) in [5, 5.41) is 20.2. The van der Waals surface area contributed by atoms with Crippen LogP contribution in [0, 0.1) is 0 Å². The maximum absolute atomic E-state index is 2.61. The molecular formula is C83H57N3S2. The maximum atomic E-state index is 2.61. The van der Waals surface area contributed by atoms with Crippen molar-refractivity contribution in [2.75, 3.05) is 9.80 Å². The molecule has 0 radical (unpaired) electrons. The Bertz CT molecular complexity index is 6040. The Hall–Kier alpha value is -10.0. The summed E-state index contributed by atoms with van der Waals surface area (Å²) >= 11 is 3.74. The third-order valence-corrected chi connectivity index (χ3v) is 22.1. The van der Waals surface area contributed by atoms with Crippen LogP contribution in [-0.2, 0) is 10.8 Å². The van der Waals surface area contributed by atoms with Crippen molar-refractivity contribution in [2.24, 2.45) is 0 Å². The highest BCUT2D eigenvalue weighted by atomic mass is 32.1. The van der Waals surface area contributed by atoms with Crippen molar-refractivity contribution >= 4 is 178 Å². The maximum Gasteiger partial charge on any atom is 0.0641 e. The minimum Gasteiger partial charge on any atom is -0.310 e. The van der Waals surface area contributed by atoms with Gasteiger partial charge in [0, 0.05) is 95.7 Å². The molecule has 0 saturated carbocycles. The Morgan fingerprint density at radius 2 is 0.807 bits per heavy atom. The van der Waals surface area contributed by atoms with Gasteiger partial charge in [-0.2, -0.15) is 0 Å². The van der Waals surface area contributed by atoms with Crippen molar-refractivity contribution in [1.29, 1.82) is 0 Å². The summed E-state index contributed by atoms with van der Waals surface area (Å²) in [6, 6.07) is 97.2. The first kappa shape index (κ1) is 50.1. The van der Waals surface area contributed by atoms with Gasteiger partial charge < -0.3 is 14.2 Å². The highest BCUT2D eigenvalue weighted by Gasteiger charge is 2.38. The number of thiophene rings is 2. The Morgan fingerprint density at radius 1 is 0.330 bits per heavy atom. The second-order valence-electron chi connectivity index (χ2n) is 26.1. The number of aromatic nitrogens is 1. The zero-order valence-corrected chi connectivity index (χ0v) is 51.0. The largest absolute Gasteiger partial charge is 0.310 e. The summed E-state index contributed by atoms with van der Waals surface area (Å²) in [5.74, 6) is 0. The van der Waals surface area contributed by atoms with Crippen molar-refractivity contribution in [1.82, 2.24) is 4.40 Å². The molecule has 0 atom stereocenters. The molecular weight excluding hydrogens is 1100 g/mol. The van der Waals surface area contributed by atoms with Crippen LogP contribution >= 0.6 is 22.7 Å². The molecule has 0 saturated heterocycles. The predicted octanol–water partition coefficient (Wildman–Crippen LogP) is 24.7. The van der Waals surface area contributed by atoms with Gasteiger partial charge in [-0.3, -0.25) is 0 Å². The molecule has 0 bridgehead atoms. The Balaban J connectivity index is 0.832. The summed E-state index contributed by atoms with van der Waals surface area (Å²) in [5.41, 5.74) is 16.8. The lowest BCUT2D eigenvalue weighted by molar-refractivity contribution is 0.591. The first-order chi connectivity index (χ1) is 43.0. The molecule has 1 aliphatic carbocycles. The van der Waals surface area contributed by atoms with Crippen LogP contribution in [0.15, 0.2) is 255 Å². The number of fused-ring (bicyclic) bond motifs is 21. The third-order valence-electron chi connectivity index (χ3n) is 19.8. The summed E-state index contributed by atoms with van der Waals surface area (Å²) in [6.45, 7) is 11.9. The highest BCUT2D eigenvalue weighted by molar-refractivity contribution is 7.26. The van der Waals surface area contributed by atoms with Crippen LogP contribution in [0.1, 0.15) is 51.3 Å². The monoisotopic (exact) mass is 1160 g/mol. The fourth-order valence-electron chi connectivity index (χ4n) is 15.4. The summed E-state index contributed by atoms with van der Waals surface area (Å²) in [6.07, 6.45) is 0. The van der Waals surface area contributed by atoms with Crippen LogP contribution in [0.4, 0.5) is 34.1 Å². The topological polar surface area (TPSA) is 10.9 Å². The minimum absolute atomic E-state index is 0.0647. The van der Waals surface area contributed by atoms with Gasteiger partial charge >= 0.3 is 0 Å². The fraction of sp³-hybridized carbons (Fsp3) is 0.0843. The SMILES string of the molecule is CC(C)(C)c1ccc2c(c1)c1c(N(c3ccc4ccc5ccccc5c4c3)c3ccc4sc5ccccc5c4c3)ccc3c4cc5c(cc4n2c31)-c1ccc(N(c2ccc3ccc4ccccc4c3c2)c2ccc3sc4ccccc4c3c2)cc1C5(C)C. The van der Waals surface area contributed by atoms with Gasteiger partial charge in [0.1, 0.15) is 0 Å². The van der Waals surface area contributed by atoms with Crippen molar-refractivity contribution in [3.8, 4) is 11.1 Å². The molecule has 0 fully saturated rings. The van der Waals surface area contributed by atoms with Crippen LogP contribution in [0.25, 0.3) is 133 Å². The van der Waals surface area contributed by atoms with Crippen LogP contribution in [-0.4, -0.2) is 4.40 Å². The molecule has 0 unspecified atom stereocenters. The van der Waals surface area contributed by atoms with Gasteiger partial charge in [-0.05, 0) is 192 Å². The van der Waals surface area contributed by atoms with Crippen LogP contribution in [0.5, 0.6) is 0 Å². The van der Waals surface area contributed by atoms with E-state index in [2.05, 4.69) is 304 Å². The summed E-state index contributed by atoms with van der Waals surface area (Å²) < 4.78 is 7.83. The van der Waals surface area contributed by atoms with Gasteiger partial charge in [0.2, 0.25) is 0 Å². The smallest absolute Gasteiger partial charge is 0.0641 e.